The van der Waals surface area contributed by atoms with Gasteiger partial charge in [-0.15, -0.1) is 0 Å². The Hall–Kier alpha value is -1.32. The van der Waals surface area contributed by atoms with Crippen LogP contribution in [-0.4, -0.2) is 23.1 Å². The van der Waals surface area contributed by atoms with Gasteiger partial charge < -0.3 is 10.1 Å². The van der Waals surface area contributed by atoms with Crippen molar-refractivity contribution in [3.8, 4) is 5.88 Å². The van der Waals surface area contributed by atoms with Crippen molar-refractivity contribution in [2.75, 3.05) is 18.5 Å². The summed E-state index contributed by atoms with van der Waals surface area (Å²) in [6.45, 7) is 3.78. The number of hydrogen-bond donors (Lipinski definition) is 1. The molecular formula is C12H19N3O. The third-order valence-electron chi connectivity index (χ3n) is 2.64. The first kappa shape index (κ1) is 11.2. The van der Waals surface area contributed by atoms with E-state index in [1.165, 1.54) is 12.8 Å². The van der Waals surface area contributed by atoms with E-state index in [0.29, 0.717) is 11.8 Å². The molecule has 4 heteroatoms. The highest BCUT2D eigenvalue weighted by Crippen LogP contribution is 2.32. The quantitative estimate of drug-likeness (QED) is 0.768. The predicted octanol–water partition coefficient (Wildman–Crippen LogP) is 2.48. The lowest BCUT2D eigenvalue weighted by molar-refractivity contribution is 0.291. The summed E-state index contributed by atoms with van der Waals surface area (Å²) in [5, 5.41) is 3.14. The van der Waals surface area contributed by atoms with Crippen molar-refractivity contribution in [3.63, 3.8) is 0 Å². The number of aromatic nitrogens is 2. The molecule has 0 atom stereocenters. The molecule has 0 unspecified atom stereocenters. The third-order valence-corrected chi connectivity index (χ3v) is 2.64. The Morgan fingerprint density at radius 3 is 3.12 bits per heavy atom. The van der Waals surface area contributed by atoms with E-state index in [2.05, 4.69) is 22.2 Å². The van der Waals surface area contributed by atoms with Crippen molar-refractivity contribution in [2.45, 2.75) is 32.6 Å². The highest BCUT2D eigenvalue weighted by molar-refractivity contribution is 5.27. The van der Waals surface area contributed by atoms with Crippen molar-refractivity contribution in [2.24, 2.45) is 5.92 Å². The molecule has 0 aromatic carbocycles. The number of ether oxygens (including phenoxy) is 1. The molecule has 0 aliphatic heterocycles. The highest BCUT2D eigenvalue weighted by Gasteiger charge is 2.20. The number of rotatable bonds is 7. The fourth-order valence-corrected chi connectivity index (χ4v) is 1.48. The van der Waals surface area contributed by atoms with E-state index >= 15 is 0 Å². The molecule has 0 spiro atoms. The number of nitrogens with zero attached hydrogens (tertiary/aromatic N) is 2. The molecule has 1 N–H and O–H groups in total. The monoisotopic (exact) mass is 221 g/mol. The maximum atomic E-state index is 5.59. The maximum Gasteiger partial charge on any atom is 0.225 e. The van der Waals surface area contributed by atoms with Crippen molar-refractivity contribution >= 4 is 5.95 Å². The molecule has 2 rings (SSSR count). The predicted molar refractivity (Wildman–Crippen MR) is 63.6 cm³/mol. The Kier molecular flexibility index (Phi) is 3.97. The summed E-state index contributed by atoms with van der Waals surface area (Å²) in [4.78, 5) is 8.41. The van der Waals surface area contributed by atoms with Gasteiger partial charge in [-0.25, -0.2) is 4.98 Å². The summed E-state index contributed by atoms with van der Waals surface area (Å²) < 4.78 is 5.59. The van der Waals surface area contributed by atoms with Crippen LogP contribution in [0.5, 0.6) is 5.88 Å². The standard InChI is InChI=1S/C12H19N3O/c1-2-7-13-12-14-8-5-11(15-12)16-9-6-10-3-4-10/h5,8,10H,2-4,6-7,9H2,1H3,(H,13,14,15). The Morgan fingerprint density at radius 1 is 1.50 bits per heavy atom. The first-order valence-corrected chi connectivity index (χ1v) is 6.08. The molecule has 1 heterocycles. The van der Waals surface area contributed by atoms with Crippen molar-refractivity contribution < 1.29 is 4.74 Å². The summed E-state index contributed by atoms with van der Waals surface area (Å²) in [6.07, 6.45) is 6.70. The van der Waals surface area contributed by atoms with Gasteiger partial charge in [-0.3, -0.25) is 0 Å². The number of nitrogens with one attached hydrogen (secondary N) is 1. The fraction of sp³-hybridized carbons (Fsp3) is 0.667. The SMILES string of the molecule is CCCNc1nccc(OCCC2CC2)n1. The van der Waals surface area contributed by atoms with Crippen LogP contribution in [0.15, 0.2) is 12.3 Å². The second-order valence-corrected chi connectivity index (χ2v) is 4.23. The lowest BCUT2D eigenvalue weighted by atomic mass is 10.3. The van der Waals surface area contributed by atoms with Crippen molar-refractivity contribution in [1.29, 1.82) is 0 Å². The summed E-state index contributed by atoms with van der Waals surface area (Å²) >= 11 is 0. The summed E-state index contributed by atoms with van der Waals surface area (Å²) in [6, 6.07) is 1.81. The average molecular weight is 221 g/mol. The first-order valence-electron chi connectivity index (χ1n) is 6.08. The zero-order valence-electron chi connectivity index (χ0n) is 9.78. The molecule has 4 nitrogen and oxygen atoms in total. The van der Waals surface area contributed by atoms with Crippen LogP contribution in [0.2, 0.25) is 0 Å². The minimum absolute atomic E-state index is 0.658. The lowest BCUT2D eigenvalue weighted by Crippen LogP contribution is -2.06. The second kappa shape index (κ2) is 5.68. The Labute approximate surface area is 96.4 Å². The van der Waals surface area contributed by atoms with Crippen LogP contribution in [-0.2, 0) is 0 Å². The van der Waals surface area contributed by atoms with E-state index in [-0.39, 0.29) is 0 Å². The fourth-order valence-electron chi connectivity index (χ4n) is 1.48. The first-order chi connectivity index (χ1) is 7.88. The third kappa shape index (κ3) is 3.68. The Balaban J connectivity index is 1.77. The van der Waals surface area contributed by atoms with E-state index in [1.807, 2.05) is 6.07 Å². The van der Waals surface area contributed by atoms with E-state index in [1.54, 1.807) is 6.20 Å². The number of anilines is 1. The molecule has 1 saturated carbocycles. The van der Waals surface area contributed by atoms with Crippen LogP contribution in [0.4, 0.5) is 5.95 Å². The Morgan fingerprint density at radius 2 is 2.38 bits per heavy atom. The van der Waals surface area contributed by atoms with Gasteiger partial charge in [-0.1, -0.05) is 19.8 Å². The molecule has 0 radical (unpaired) electrons. The highest BCUT2D eigenvalue weighted by atomic mass is 16.5. The zero-order chi connectivity index (χ0) is 11.2. The molecule has 1 aliphatic rings. The van der Waals surface area contributed by atoms with E-state index in [4.69, 9.17) is 4.74 Å². The molecule has 0 bridgehead atoms. The second-order valence-electron chi connectivity index (χ2n) is 4.23. The van der Waals surface area contributed by atoms with Crippen LogP contribution >= 0.6 is 0 Å². The van der Waals surface area contributed by atoms with E-state index < -0.39 is 0 Å². The number of hydrogen-bond acceptors (Lipinski definition) is 4. The normalized spacial score (nSPS) is 14.8. The summed E-state index contributed by atoms with van der Waals surface area (Å²) in [5.41, 5.74) is 0. The minimum atomic E-state index is 0.658. The van der Waals surface area contributed by atoms with Crippen molar-refractivity contribution in [3.05, 3.63) is 12.3 Å². The topological polar surface area (TPSA) is 47.0 Å². The lowest BCUT2D eigenvalue weighted by Gasteiger charge is -2.06. The summed E-state index contributed by atoms with van der Waals surface area (Å²) in [7, 11) is 0. The van der Waals surface area contributed by atoms with Gasteiger partial charge in [0.1, 0.15) is 0 Å². The molecule has 0 saturated heterocycles. The van der Waals surface area contributed by atoms with Gasteiger partial charge in [0, 0.05) is 18.8 Å². The van der Waals surface area contributed by atoms with Gasteiger partial charge in [0.15, 0.2) is 0 Å². The van der Waals surface area contributed by atoms with Gasteiger partial charge in [-0.2, -0.15) is 4.98 Å². The molecule has 1 aliphatic carbocycles. The molecule has 88 valence electrons. The largest absolute Gasteiger partial charge is 0.478 e. The van der Waals surface area contributed by atoms with E-state index in [0.717, 1.165) is 31.9 Å². The Bertz CT molecular complexity index is 326. The minimum Gasteiger partial charge on any atom is -0.478 e. The molecule has 0 amide bonds. The molecular weight excluding hydrogens is 202 g/mol. The molecule has 1 aromatic heterocycles. The summed E-state index contributed by atoms with van der Waals surface area (Å²) in [5.74, 6) is 2.24. The van der Waals surface area contributed by atoms with Gasteiger partial charge >= 0.3 is 0 Å². The zero-order valence-corrected chi connectivity index (χ0v) is 9.78. The smallest absolute Gasteiger partial charge is 0.225 e. The maximum absolute atomic E-state index is 5.59. The van der Waals surface area contributed by atoms with Gasteiger partial charge in [0.25, 0.3) is 0 Å². The molecule has 16 heavy (non-hydrogen) atoms. The van der Waals surface area contributed by atoms with Crippen LogP contribution in [0.1, 0.15) is 32.6 Å². The van der Waals surface area contributed by atoms with Crippen LogP contribution in [0.3, 0.4) is 0 Å². The van der Waals surface area contributed by atoms with Gasteiger partial charge in [0.05, 0.1) is 6.61 Å². The van der Waals surface area contributed by atoms with Gasteiger partial charge in [0.2, 0.25) is 11.8 Å². The van der Waals surface area contributed by atoms with Gasteiger partial charge in [-0.05, 0) is 18.8 Å². The van der Waals surface area contributed by atoms with Crippen LogP contribution in [0, 0.1) is 5.92 Å². The van der Waals surface area contributed by atoms with Crippen LogP contribution in [0.25, 0.3) is 0 Å². The van der Waals surface area contributed by atoms with Crippen LogP contribution < -0.4 is 10.1 Å². The molecule has 1 aromatic rings. The molecule has 1 fully saturated rings. The van der Waals surface area contributed by atoms with Crippen molar-refractivity contribution in [1.82, 2.24) is 9.97 Å². The average Bonchev–Trinajstić information content (AvgIpc) is 3.11. The van der Waals surface area contributed by atoms with E-state index in [9.17, 15) is 0 Å².